The van der Waals surface area contributed by atoms with Gasteiger partial charge in [0.05, 0.1) is 17.6 Å². The number of imidazole rings is 1. The van der Waals surface area contributed by atoms with E-state index in [9.17, 15) is 4.79 Å². The van der Waals surface area contributed by atoms with Crippen LogP contribution in [0.1, 0.15) is 23.0 Å². The molecule has 1 unspecified atom stereocenters. The van der Waals surface area contributed by atoms with Gasteiger partial charge in [-0.3, -0.25) is 4.79 Å². The molecule has 3 heterocycles. The molecule has 0 spiro atoms. The molecule has 7 nitrogen and oxygen atoms in total. The van der Waals surface area contributed by atoms with Crippen LogP contribution in [0.3, 0.4) is 0 Å². The molecule has 5 rings (SSSR count). The average molecular weight is 361 g/mol. The zero-order chi connectivity index (χ0) is 18.4. The third-order valence-corrected chi connectivity index (χ3v) is 4.99. The molecule has 0 fully saturated rings. The quantitative estimate of drug-likeness (QED) is 0.735. The van der Waals surface area contributed by atoms with Crippen LogP contribution in [0.4, 0.5) is 5.69 Å². The summed E-state index contributed by atoms with van der Waals surface area (Å²) in [5.41, 5.74) is 4.88. The van der Waals surface area contributed by atoms with Crippen molar-refractivity contribution in [2.24, 2.45) is 4.99 Å². The van der Waals surface area contributed by atoms with Gasteiger partial charge in [0.25, 0.3) is 0 Å². The molecule has 2 aliphatic rings. The Bertz CT molecular complexity index is 1040. The standard InChI is InChI=1S/C20H19N5O2/c1-25-10-13-8-12(6-7-14(13)21-9-18(25)26)20-24-17(11-27-20)19-22-15-4-2-3-5-16(15)23-19/h2-8,17,21H,9-11H2,1H3,(H,22,23). The van der Waals surface area contributed by atoms with Crippen LogP contribution in [0.2, 0.25) is 0 Å². The van der Waals surface area contributed by atoms with Crippen molar-refractivity contribution in [1.29, 1.82) is 0 Å². The van der Waals surface area contributed by atoms with Gasteiger partial charge >= 0.3 is 0 Å². The number of rotatable bonds is 2. The Morgan fingerprint density at radius 2 is 2.11 bits per heavy atom. The average Bonchev–Trinajstić information content (AvgIpc) is 3.30. The van der Waals surface area contributed by atoms with Crippen molar-refractivity contribution in [3.63, 3.8) is 0 Å². The monoisotopic (exact) mass is 361 g/mol. The van der Waals surface area contributed by atoms with E-state index in [0.717, 1.165) is 33.7 Å². The molecule has 0 radical (unpaired) electrons. The number of H-pyrrole nitrogens is 1. The van der Waals surface area contributed by atoms with Crippen LogP contribution in [0.5, 0.6) is 0 Å². The molecule has 2 N–H and O–H groups in total. The van der Waals surface area contributed by atoms with E-state index >= 15 is 0 Å². The van der Waals surface area contributed by atoms with Gasteiger partial charge in [0, 0.05) is 24.8 Å². The van der Waals surface area contributed by atoms with Crippen molar-refractivity contribution in [1.82, 2.24) is 14.9 Å². The summed E-state index contributed by atoms with van der Waals surface area (Å²) >= 11 is 0. The highest BCUT2D eigenvalue weighted by molar-refractivity contribution is 5.96. The molecule has 1 atom stereocenters. The van der Waals surface area contributed by atoms with Crippen molar-refractivity contribution in [3.8, 4) is 0 Å². The molecule has 2 aliphatic heterocycles. The van der Waals surface area contributed by atoms with Gasteiger partial charge in [0.15, 0.2) is 0 Å². The molecule has 1 amide bonds. The second-order valence-corrected chi connectivity index (χ2v) is 6.88. The molecule has 0 saturated carbocycles. The lowest BCUT2D eigenvalue weighted by Gasteiger charge is -2.14. The predicted molar refractivity (Wildman–Crippen MR) is 103 cm³/mol. The topological polar surface area (TPSA) is 82.6 Å². The number of hydrogen-bond acceptors (Lipinski definition) is 5. The van der Waals surface area contributed by atoms with Crippen molar-refractivity contribution in [3.05, 3.63) is 59.4 Å². The summed E-state index contributed by atoms with van der Waals surface area (Å²) in [4.78, 5) is 26.3. The van der Waals surface area contributed by atoms with Gasteiger partial charge in [-0.05, 0) is 35.9 Å². The molecule has 27 heavy (non-hydrogen) atoms. The number of hydrogen-bond donors (Lipinski definition) is 2. The first-order valence-electron chi connectivity index (χ1n) is 8.94. The first-order valence-corrected chi connectivity index (χ1v) is 8.94. The maximum Gasteiger partial charge on any atom is 0.241 e. The summed E-state index contributed by atoms with van der Waals surface area (Å²) in [6.45, 7) is 1.34. The largest absolute Gasteiger partial charge is 0.475 e. The summed E-state index contributed by atoms with van der Waals surface area (Å²) in [5.74, 6) is 1.50. The molecule has 0 bridgehead atoms. The number of likely N-dealkylation sites (N-methyl/N-ethyl adjacent to an activating group) is 1. The number of aliphatic imine (C=N–C) groups is 1. The van der Waals surface area contributed by atoms with Crippen LogP contribution in [-0.4, -0.2) is 46.9 Å². The number of anilines is 1. The fraction of sp³-hybridized carbons (Fsp3) is 0.250. The third-order valence-electron chi connectivity index (χ3n) is 4.99. The number of aromatic nitrogens is 2. The summed E-state index contributed by atoms with van der Waals surface area (Å²) in [6, 6.07) is 13.8. The van der Waals surface area contributed by atoms with E-state index in [1.165, 1.54) is 0 Å². The van der Waals surface area contributed by atoms with Crippen LogP contribution in [-0.2, 0) is 16.1 Å². The smallest absolute Gasteiger partial charge is 0.241 e. The van der Waals surface area contributed by atoms with E-state index in [0.29, 0.717) is 25.6 Å². The maximum absolute atomic E-state index is 11.9. The zero-order valence-corrected chi connectivity index (χ0v) is 14.9. The first kappa shape index (κ1) is 15.9. The Labute approximate surface area is 156 Å². The Morgan fingerprint density at radius 3 is 3.00 bits per heavy atom. The molecular formula is C20H19N5O2. The minimum Gasteiger partial charge on any atom is -0.475 e. The second kappa shape index (κ2) is 6.12. The van der Waals surface area contributed by atoms with Crippen LogP contribution < -0.4 is 5.32 Å². The number of nitrogens with zero attached hydrogens (tertiary/aromatic N) is 3. The number of fused-ring (bicyclic) bond motifs is 2. The third kappa shape index (κ3) is 2.81. The van der Waals surface area contributed by atoms with Gasteiger partial charge in [-0.1, -0.05) is 12.1 Å². The van der Waals surface area contributed by atoms with Gasteiger partial charge < -0.3 is 19.9 Å². The van der Waals surface area contributed by atoms with Gasteiger partial charge in [0.2, 0.25) is 11.8 Å². The second-order valence-electron chi connectivity index (χ2n) is 6.88. The van der Waals surface area contributed by atoms with Gasteiger partial charge in [-0.15, -0.1) is 0 Å². The lowest BCUT2D eigenvalue weighted by atomic mass is 10.1. The van der Waals surface area contributed by atoms with Crippen LogP contribution >= 0.6 is 0 Å². The molecular weight excluding hydrogens is 342 g/mol. The van der Waals surface area contributed by atoms with Gasteiger partial charge in [0.1, 0.15) is 18.5 Å². The van der Waals surface area contributed by atoms with Crippen molar-refractivity contribution in [2.75, 3.05) is 25.5 Å². The highest BCUT2D eigenvalue weighted by atomic mass is 16.5. The SMILES string of the molecule is CN1Cc2cc(C3=NC(c4nc5ccccc5[nH]4)CO3)ccc2NCC1=O. The van der Waals surface area contributed by atoms with Gasteiger partial charge in [-0.2, -0.15) is 0 Å². The predicted octanol–water partition coefficient (Wildman–Crippen LogP) is 2.46. The molecule has 7 heteroatoms. The van der Waals surface area contributed by atoms with Crippen molar-refractivity contribution < 1.29 is 9.53 Å². The molecule has 1 aromatic heterocycles. The first-order chi connectivity index (χ1) is 13.2. The van der Waals surface area contributed by atoms with E-state index in [1.807, 2.05) is 49.5 Å². The molecule has 3 aromatic rings. The summed E-state index contributed by atoms with van der Waals surface area (Å²) in [7, 11) is 1.81. The van der Waals surface area contributed by atoms with E-state index < -0.39 is 0 Å². The van der Waals surface area contributed by atoms with Crippen LogP contribution in [0.25, 0.3) is 11.0 Å². The van der Waals surface area contributed by atoms with Crippen molar-refractivity contribution in [2.45, 2.75) is 12.6 Å². The molecule has 136 valence electrons. The van der Waals surface area contributed by atoms with Crippen LogP contribution in [0, 0.1) is 0 Å². The van der Waals surface area contributed by atoms with Crippen LogP contribution in [0.15, 0.2) is 47.5 Å². The minimum atomic E-state index is -0.145. The van der Waals surface area contributed by atoms with Gasteiger partial charge in [-0.25, -0.2) is 9.98 Å². The number of ether oxygens (including phenoxy) is 1. The van der Waals surface area contributed by atoms with E-state index in [2.05, 4.69) is 15.3 Å². The highest BCUT2D eigenvalue weighted by Gasteiger charge is 2.25. The summed E-state index contributed by atoms with van der Waals surface area (Å²) < 4.78 is 5.86. The number of carbonyl (C=O) groups is 1. The lowest BCUT2D eigenvalue weighted by molar-refractivity contribution is -0.128. The number of amides is 1. The molecule has 0 saturated heterocycles. The summed E-state index contributed by atoms with van der Waals surface area (Å²) in [5, 5.41) is 3.19. The molecule has 0 aliphatic carbocycles. The lowest BCUT2D eigenvalue weighted by Crippen LogP contribution is -2.28. The highest BCUT2D eigenvalue weighted by Crippen LogP contribution is 2.27. The fourth-order valence-electron chi connectivity index (χ4n) is 3.48. The fourth-order valence-corrected chi connectivity index (χ4v) is 3.48. The maximum atomic E-state index is 11.9. The normalized spacial score (nSPS) is 19.3. The Hall–Kier alpha value is -3.35. The number of benzene rings is 2. The Morgan fingerprint density at radius 1 is 1.22 bits per heavy atom. The molecule has 2 aromatic carbocycles. The number of para-hydroxylation sites is 2. The number of aromatic amines is 1. The zero-order valence-electron chi connectivity index (χ0n) is 14.9. The Balaban J connectivity index is 1.44. The summed E-state index contributed by atoms with van der Waals surface area (Å²) in [6.07, 6.45) is 0. The van der Waals surface area contributed by atoms with E-state index in [-0.39, 0.29) is 11.9 Å². The Kier molecular flexibility index (Phi) is 3.60. The number of carbonyl (C=O) groups excluding carboxylic acids is 1. The number of nitrogens with one attached hydrogen (secondary N) is 2. The minimum absolute atomic E-state index is 0.0761. The van der Waals surface area contributed by atoms with Crippen molar-refractivity contribution >= 4 is 28.5 Å². The van der Waals surface area contributed by atoms with E-state index in [1.54, 1.807) is 4.90 Å². The van der Waals surface area contributed by atoms with E-state index in [4.69, 9.17) is 9.73 Å².